The van der Waals surface area contributed by atoms with Gasteiger partial charge in [-0.05, 0) is 45.7 Å². The number of amides is 2. The van der Waals surface area contributed by atoms with Crippen LogP contribution in [0.15, 0.2) is 12.1 Å². The first-order valence-corrected chi connectivity index (χ1v) is 11.5. The average Bonchev–Trinajstić information content (AvgIpc) is 2.60. The molecule has 0 saturated heterocycles. The zero-order valence-corrected chi connectivity index (χ0v) is 18.9. The number of hydrogen-bond acceptors (Lipinski definition) is 5. The van der Waals surface area contributed by atoms with Gasteiger partial charge in [-0.15, -0.1) is 0 Å². The molecule has 1 atom stereocenters. The van der Waals surface area contributed by atoms with Crippen molar-refractivity contribution in [2.45, 2.75) is 32.9 Å². The molecule has 1 heterocycles. The number of phenolic OH excluding ortho intramolecular Hbond substituents is 1. The van der Waals surface area contributed by atoms with Crippen LogP contribution in [0.3, 0.4) is 0 Å². The van der Waals surface area contributed by atoms with Gasteiger partial charge in [0.2, 0.25) is 0 Å². The van der Waals surface area contributed by atoms with Crippen LogP contribution in [0.1, 0.15) is 25.0 Å². The molecule has 0 unspecified atom stereocenters. The van der Waals surface area contributed by atoms with Crippen LogP contribution in [0.25, 0.3) is 0 Å². The summed E-state index contributed by atoms with van der Waals surface area (Å²) in [6.45, 7) is 3.79. The molecule has 0 bridgehead atoms. The molecule has 11 heteroatoms. The van der Waals surface area contributed by atoms with E-state index in [-0.39, 0.29) is 31.2 Å². The number of esters is 1. The summed E-state index contributed by atoms with van der Waals surface area (Å²) < 4.78 is 17.0. The maximum atomic E-state index is 13.2. The van der Waals surface area contributed by atoms with E-state index in [1.165, 1.54) is 18.1 Å². The predicted molar refractivity (Wildman–Crippen MR) is 110 cm³/mol. The molecule has 28 heavy (non-hydrogen) atoms. The number of ether oxygens (including phenoxy) is 1. The van der Waals surface area contributed by atoms with E-state index in [1.807, 2.05) is 36.4 Å². The molecule has 2 rings (SSSR count). The number of rotatable bonds is 5. The smallest absolute Gasteiger partial charge is 0.344 e. The minimum absolute atomic E-state index is 0.0242. The standard InChI is InChI=1S/C17H24IN2O7P/c1-10(2)7-19(9-28(24,25)26)17(23)20-8-12-11(4-5-14(21)15(12)18)6-13(20)16(22)27-3/h4-5,10,13,21H,6-9H2,1-3H3,(H2,24,25,26)/t13-/m0/s1. The summed E-state index contributed by atoms with van der Waals surface area (Å²) in [5.41, 5.74) is 1.52. The normalized spacial score (nSPS) is 16.7. The largest absolute Gasteiger partial charge is 0.507 e. The van der Waals surface area contributed by atoms with Crippen LogP contribution in [-0.4, -0.2) is 62.7 Å². The highest BCUT2D eigenvalue weighted by molar-refractivity contribution is 14.1. The van der Waals surface area contributed by atoms with E-state index in [9.17, 15) is 29.0 Å². The number of carbonyl (C=O) groups excluding carboxylic acids is 2. The highest BCUT2D eigenvalue weighted by Crippen LogP contribution is 2.37. The second-order valence-electron chi connectivity index (χ2n) is 7.11. The Balaban J connectivity index is 2.44. The Morgan fingerprint density at radius 1 is 1.39 bits per heavy atom. The topological polar surface area (TPSA) is 128 Å². The molecule has 0 spiro atoms. The summed E-state index contributed by atoms with van der Waals surface area (Å²) in [7, 11) is -3.27. The molecule has 0 aliphatic carbocycles. The van der Waals surface area contributed by atoms with Gasteiger partial charge in [-0.25, -0.2) is 9.59 Å². The Morgan fingerprint density at radius 2 is 2.04 bits per heavy atom. The maximum Gasteiger partial charge on any atom is 0.344 e. The number of phenols is 1. The van der Waals surface area contributed by atoms with Gasteiger partial charge in [0.05, 0.1) is 10.7 Å². The molecule has 0 radical (unpaired) electrons. The van der Waals surface area contributed by atoms with Crippen LogP contribution in [0.4, 0.5) is 4.79 Å². The predicted octanol–water partition coefficient (Wildman–Crippen LogP) is 2.11. The van der Waals surface area contributed by atoms with Crippen molar-refractivity contribution in [1.29, 1.82) is 0 Å². The number of methoxy groups -OCH3 is 1. The quantitative estimate of drug-likeness (QED) is 0.305. The van der Waals surface area contributed by atoms with E-state index in [2.05, 4.69) is 0 Å². The molecular weight excluding hydrogens is 502 g/mol. The molecule has 9 nitrogen and oxygen atoms in total. The third-order valence-electron chi connectivity index (χ3n) is 4.37. The number of benzene rings is 1. The number of hydrogen-bond donors (Lipinski definition) is 3. The number of aromatic hydroxyl groups is 1. The van der Waals surface area contributed by atoms with Gasteiger partial charge in [0.15, 0.2) is 0 Å². The fraction of sp³-hybridized carbons (Fsp3) is 0.529. The van der Waals surface area contributed by atoms with Gasteiger partial charge in [0, 0.05) is 19.5 Å². The van der Waals surface area contributed by atoms with Crippen LogP contribution < -0.4 is 0 Å². The van der Waals surface area contributed by atoms with Crippen LogP contribution in [0.5, 0.6) is 5.75 Å². The van der Waals surface area contributed by atoms with Gasteiger partial charge in [-0.3, -0.25) is 4.57 Å². The molecule has 1 aliphatic heterocycles. The Labute approximate surface area is 177 Å². The second-order valence-corrected chi connectivity index (χ2v) is 9.80. The van der Waals surface area contributed by atoms with Crippen molar-refractivity contribution in [2.75, 3.05) is 19.9 Å². The van der Waals surface area contributed by atoms with Gasteiger partial charge in [0.1, 0.15) is 18.1 Å². The van der Waals surface area contributed by atoms with E-state index in [1.54, 1.807) is 6.07 Å². The SMILES string of the molecule is COC(=O)[C@@H]1Cc2ccc(O)c(I)c2CN1C(=O)N(CC(C)C)CP(=O)(O)O. The minimum atomic E-state index is -4.50. The van der Waals surface area contributed by atoms with Gasteiger partial charge < -0.3 is 29.4 Å². The van der Waals surface area contributed by atoms with Crippen molar-refractivity contribution < 1.29 is 33.8 Å². The lowest BCUT2D eigenvalue weighted by Gasteiger charge is -2.39. The number of halogens is 1. The minimum Gasteiger partial charge on any atom is -0.507 e. The Morgan fingerprint density at radius 3 is 2.57 bits per heavy atom. The van der Waals surface area contributed by atoms with E-state index >= 15 is 0 Å². The fourth-order valence-electron chi connectivity index (χ4n) is 3.20. The first-order chi connectivity index (χ1) is 12.9. The Bertz CT molecular complexity index is 811. The lowest BCUT2D eigenvalue weighted by Crippen LogP contribution is -2.54. The molecular formula is C17H24IN2O7P. The number of urea groups is 1. The van der Waals surface area contributed by atoms with Crippen LogP contribution in [-0.2, 0) is 27.1 Å². The van der Waals surface area contributed by atoms with Crippen LogP contribution in [0.2, 0.25) is 0 Å². The summed E-state index contributed by atoms with van der Waals surface area (Å²) in [6.07, 6.45) is -0.548. The second kappa shape index (κ2) is 8.98. The summed E-state index contributed by atoms with van der Waals surface area (Å²) in [5, 5.41) is 9.99. The summed E-state index contributed by atoms with van der Waals surface area (Å²) >= 11 is 1.97. The zero-order valence-electron chi connectivity index (χ0n) is 15.8. The molecule has 1 aromatic rings. The lowest BCUT2D eigenvalue weighted by molar-refractivity contribution is -0.146. The Hall–Kier alpha value is -1.36. The summed E-state index contributed by atoms with van der Waals surface area (Å²) in [6, 6.07) is 1.66. The number of carbonyl (C=O) groups is 2. The molecule has 0 aromatic heterocycles. The van der Waals surface area contributed by atoms with Crippen molar-refractivity contribution in [3.8, 4) is 5.75 Å². The van der Waals surface area contributed by atoms with Crippen molar-refractivity contribution >= 4 is 42.2 Å². The van der Waals surface area contributed by atoms with Crippen molar-refractivity contribution in [3.63, 3.8) is 0 Å². The first-order valence-electron chi connectivity index (χ1n) is 8.61. The average molecular weight is 526 g/mol. The maximum absolute atomic E-state index is 13.2. The number of nitrogens with zero attached hydrogens (tertiary/aromatic N) is 2. The first kappa shape index (κ1) is 22.9. The molecule has 2 amide bonds. The van der Waals surface area contributed by atoms with E-state index < -0.39 is 31.9 Å². The lowest BCUT2D eigenvalue weighted by atomic mass is 9.94. The van der Waals surface area contributed by atoms with Crippen molar-refractivity contribution in [2.24, 2.45) is 5.92 Å². The van der Waals surface area contributed by atoms with Gasteiger partial charge >= 0.3 is 19.6 Å². The van der Waals surface area contributed by atoms with Gasteiger partial charge in [-0.1, -0.05) is 19.9 Å². The molecule has 156 valence electrons. The van der Waals surface area contributed by atoms with E-state index in [0.29, 0.717) is 9.13 Å². The van der Waals surface area contributed by atoms with Gasteiger partial charge in [-0.2, -0.15) is 0 Å². The third kappa shape index (κ3) is 5.37. The molecule has 0 saturated carbocycles. The van der Waals surface area contributed by atoms with Crippen LogP contribution in [0, 0.1) is 9.49 Å². The molecule has 0 fully saturated rings. The Kier molecular flexibility index (Phi) is 7.35. The third-order valence-corrected chi connectivity index (χ3v) is 6.28. The fourth-order valence-corrected chi connectivity index (χ4v) is 4.58. The van der Waals surface area contributed by atoms with Crippen LogP contribution >= 0.6 is 30.2 Å². The van der Waals surface area contributed by atoms with E-state index in [0.717, 1.165) is 10.5 Å². The highest BCUT2D eigenvalue weighted by Gasteiger charge is 2.39. The van der Waals surface area contributed by atoms with Crippen molar-refractivity contribution in [3.05, 3.63) is 26.8 Å². The highest BCUT2D eigenvalue weighted by atomic mass is 127. The summed E-state index contributed by atoms with van der Waals surface area (Å²) in [5.74, 6) is -0.575. The van der Waals surface area contributed by atoms with E-state index in [4.69, 9.17) is 4.74 Å². The van der Waals surface area contributed by atoms with Crippen molar-refractivity contribution in [1.82, 2.24) is 9.80 Å². The molecule has 3 N–H and O–H groups in total. The molecule has 1 aromatic carbocycles. The number of fused-ring (bicyclic) bond motifs is 1. The molecule has 1 aliphatic rings. The zero-order chi connectivity index (χ0) is 21.2. The monoisotopic (exact) mass is 526 g/mol. The summed E-state index contributed by atoms with van der Waals surface area (Å²) in [4.78, 5) is 46.6. The van der Waals surface area contributed by atoms with Gasteiger partial charge in [0.25, 0.3) is 0 Å².